The molecule has 2 heterocycles. The van der Waals surface area contributed by atoms with E-state index >= 15 is 0 Å². The third-order valence-corrected chi connectivity index (χ3v) is 4.30. The average molecular weight is 369 g/mol. The maximum atomic E-state index is 5.19. The van der Waals surface area contributed by atoms with Crippen LogP contribution < -0.4 is 4.74 Å². The van der Waals surface area contributed by atoms with Crippen molar-refractivity contribution >= 4 is 34.5 Å². The highest BCUT2D eigenvalue weighted by atomic mass is 79.9. The minimum Gasteiger partial charge on any atom is -0.497 e. The number of benzene rings is 1. The molecule has 1 aliphatic heterocycles. The number of methoxy groups -OCH3 is 1. The summed E-state index contributed by atoms with van der Waals surface area (Å²) in [5, 5.41) is 14.2. The van der Waals surface area contributed by atoms with Crippen molar-refractivity contribution in [1.82, 2.24) is 14.9 Å². The van der Waals surface area contributed by atoms with E-state index in [0.717, 1.165) is 34.4 Å². The summed E-state index contributed by atoms with van der Waals surface area (Å²) in [5.74, 6) is 1.75. The summed E-state index contributed by atoms with van der Waals surface area (Å²) in [6.07, 6.45) is 0.821. The largest absolute Gasteiger partial charge is 0.497 e. The first-order valence-corrected chi connectivity index (χ1v) is 7.45. The van der Waals surface area contributed by atoms with Crippen molar-refractivity contribution in [1.29, 1.82) is 0 Å². The molecule has 0 radical (unpaired) electrons. The van der Waals surface area contributed by atoms with Gasteiger partial charge in [-0.3, -0.25) is 0 Å². The second-order valence-corrected chi connectivity index (χ2v) is 5.85. The minimum atomic E-state index is 0. The number of hydrogen-bond acceptors (Lipinski definition) is 5. The molecule has 2 aromatic rings. The zero-order valence-corrected chi connectivity index (χ0v) is 14.6. The van der Waals surface area contributed by atoms with Gasteiger partial charge in [0.05, 0.1) is 18.1 Å². The molecule has 0 saturated carbocycles. The van der Waals surface area contributed by atoms with E-state index in [1.54, 1.807) is 18.9 Å². The molecule has 0 spiro atoms. The van der Waals surface area contributed by atoms with Crippen molar-refractivity contribution < 1.29 is 4.74 Å². The van der Waals surface area contributed by atoms with Gasteiger partial charge in [0.15, 0.2) is 5.82 Å². The summed E-state index contributed by atoms with van der Waals surface area (Å²) in [4.78, 5) is 0. The fraction of sp³-hybridized carbons (Fsp3) is 0.357. The number of aromatic nitrogens is 3. The fourth-order valence-electron chi connectivity index (χ4n) is 2.15. The van der Waals surface area contributed by atoms with Gasteiger partial charge in [0.25, 0.3) is 0 Å². The van der Waals surface area contributed by atoms with Crippen LogP contribution in [0.1, 0.15) is 25.2 Å². The predicted octanol–water partition coefficient (Wildman–Crippen LogP) is 3.17. The number of nitrogens with zero attached hydrogens (tertiary/aromatic N) is 4. The van der Waals surface area contributed by atoms with Gasteiger partial charge in [-0.15, -0.1) is 27.2 Å². The Morgan fingerprint density at radius 2 is 1.95 bits per heavy atom. The monoisotopic (exact) mass is 368 g/mol. The molecule has 21 heavy (non-hydrogen) atoms. The van der Waals surface area contributed by atoms with Crippen molar-refractivity contribution in [3.05, 3.63) is 35.7 Å². The molecule has 1 atom stereocenters. The number of halogens is 1. The Kier molecular flexibility index (Phi) is 5.05. The van der Waals surface area contributed by atoms with Gasteiger partial charge >= 0.3 is 0 Å². The highest BCUT2D eigenvalue weighted by Crippen LogP contribution is 2.30. The van der Waals surface area contributed by atoms with E-state index in [9.17, 15) is 0 Å². The predicted molar refractivity (Wildman–Crippen MR) is 90.0 cm³/mol. The molecule has 0 amide bonds. The second-order valence-electron chi connectivity index (χ2n) is 4.54. The van der Waals surface area contributed by atoms with E-state index in [1.807, 2.05) is 28.9 Å². The van der Waals surface area contributed by atoms with E-state index in [0.29, 0.717) is 0 Å². The first-order chi connectivity index (χ1) is 9.72. The van der Waals surface area contributed by atoms with Gasteiger partial charge in [0.2, 0.25) is 5.16 Å². The maximum absolute atomic E-state index is 5.19. The molecule has 0 aliphatic carbocycles. The molecule has 5 nitrogen and oxygen atoms in total. The van der Waals surface area contributed by atoms with Crippen LogP contribution in [0.2, 0.25) is 0 Å². The van der Waals surface area contributed by atoms with Gasteiger partial charge in [0.1, 0.15) is 5.75 Å². The topological polar surface area (TPSA) is 52.3 Å². The van der Waals surface area contributed by atoms with E-state index < -0.39 is 0 Å². The third-order valence-electron chi connectivity index (χ3n) is 3.25. The first kappa shape index (κ1) is 16.0. The van der Waals surface area contributed by atoms with E-state index in [2.05, 4.69) is 24.0 Å². The van der Waals surface area contributed by atoms with Crippen molar-refractivity contribution in [2.24, 2.45) is 5.10 Å². The molecule has 1 aromatic heterocycles. The normalized spacial score (nSPS) is 16.7. The Morgan fingerprint density at radius 1 is 1.24 bits per heavy atom. The van der Waals surface area contributed by atoms with Crippen LogP contribution in [0.15, 0.2) is 34.5 Å². The van der Waals surface area contributed by atoms with E-state index in [4.69, 9.17) is 9.84 Å². The standard InChI is InChI=1S/C14H16N4OS.BrH/c1-4-12-15-16-14-18(12)17-13(9(2)20-14)10-5-7-11(19-3)8-6-10;/h5-9H,4H2,1-3H3;1H. The Labute approximate surface area is 138 Å². The quantitative estimate of drug-likeness (QED) is 0.834. The zero-order chi connectivity index (χ0) is 14.1. The minimum absolute atomic E-state index is 0. The Morgan fingerprint density at radius 3 is 2.57 bits per heavy atom. The third kappa shape index (κ3) is 2.98. The highest BCUT2D eigenvalue weighted by Gasteiger charge is 2.25. The van der Waals surface area contributed by atoms with Gasteiger partial charge in [0, 0.05) is 6.42 Å². The van der Waals surface area contributed by atoms with Crippen LogP contribution in [0.4, 0.5) is 0 Å². The summed E-state index contributed by atoms with van der Waals surface area (Å²) in [6, 6.07) is 7.99. The number of aryl methyl sites for hydroxylation is 1. The van der Waals surface area contributed by atoms with E-state index in [1.165, 1.54) is 0 Å². The van der Waals surface area contributed by atoms with Crippen LogP contribution in [0.25, 0.3) is 0 Å². The van der Waals surface area contributed by atoms with Gasteiger partial charge < -0.3 is 4.74 Å². The lowest BCUT2D eigenvalue weighted by Crippen LogP contribution is -2.22. The number of rotatable bonds is 3. The zero-order valence-electron chi connectivity index (χ0n) is 12.1. The Hall–Kier alpha value is -1.34. The SMILES string of the molecule is Br.CCc1nnc2n1N=C(c1ccc(OC)cc1)C(C)S2. The first-order valence-electron chi connectivity index (χ1n) is 6.57. The smallest absolute Gasteiger partial charge is 0.212 e. The molecule has 0 N–H and O–H groups in total. The average Bonchev–Trinajstić information content (AvgIpc) is 2.88. The van der Waals surface area contributed by atoms with Crippen LogP contribution >= 0.6 is 28.7 Å². The number of fused-ring (bicyclic) bond motifs is 1. The molecular weight excluding hydrogens is 352 g/mol. The van der Waals surface area contributed by atoms with E-state index in [-0.39, 0.29) is 22.2 Å². The van der Waals surface area contributed by atoms with Gasteiger partial charge in [-0.2, -0.15) is 9.78 Å². The highest BCUT2D eigenvalue weighted by molar-refractivity contribution is 8.93. The molecule has 7 heteroatoms. The van der Waals surface area contributed by atoms with Gasteiger partial charge in [-0.1, -0.05) is 18.7 Å². The van der Waals surface area contributed by atoms with Crippen LogP contribution in [-0.2, 0) is 6.42 Å². The number of thioether (sulfide) groups is 1. The summed E-state index contributed by atoms with van der Waals surface area (Å²) in [7, 11) is 1.67. The van der Waals surface area contributed by atoms with Crippen molar-refractivity contribution in [3.63, 3.8) is 0 Å². The van der Waals surface area contributed by atoms with Gasteiger partial charge in [-0.25, -0.2) is 0 Å². The van der Waals surface area contributed by atoms with Crippen LogP contribution in [0, 0.1) is 0 Å². The summed E-state index contributed by atoms with van der Waals surface area (Å²) in [5.41, 5.74) is 2.15. The molecule has 0 fully saturated rings. The molecule has 3 rings (SSSR count). The molecule has 1 unspecified atom stereocenters. The maximum Gasteiger partial charge on any atom is 0.212 e. The molecule has 112 valence electrons. The lowest BCUT2D eigenvalue weighted by atomic mass is 10.1. The summed E-state index contributed by atoms with van der Waals surface area (Å²) >= 11 is 1.69. The van der Waals surface area contributed by atoms with Crippen molar-refractivity contribution in [2.75, 3.05) is 7.11 Å². The molecule has 0 bridgehead atoms. The summed E-state index contributed by atoms with van der Waals surface area (Å²) in [6.45, 7) is 4.19. The lowest BCUT2D eigenvalue weighted by Gasteiger charge is -2.19. The Bertz CT molecular complexity index is 653. The molecule has 0 saturated heterocycles. The van der Waals surface area contributed by atoms with Crippen molar-refractivity contribution in [3.8, 4) is 5.75 Å². The van der Waals surface area contributed by atoms with Crippen LogP contribution in [0.5, 0.6) is 5.75 Å². The molecule has 1 aromatic carbocycles. The number of ether oxygens (including phenoxy) is 1. The second kappa shape index (κ2) is 6.62. The van der Waals surface area contributed by atoms with Gasteiger partial charge in [-0.05, 0) is 36.8 Å². The van der Waals surface area contributed by atoms with Crippen molar-refractivity contribution in [2.45, 2.75) is 30.7 Å². The summed E-state index contributed by atoms with van der Waals surface area (Å²) < 4.78 is 7.04. The fourth-order valence-corrected chi connectivity index (χ4v) is 3.09. The van der Waals surface area contributed by atoms with Crippen LogP contribution in [0.3, 0.4) is 0 Å². The van der Waals surface area contributed by atoms with Crippen LogP contribution in [-0.4, -0.2) is 32.9 Å². The molecular formula is C14H17BrN4OS. The lowest BCUT2D eigenvalue weighted by molar-refractivity contribution is 0.415. The Balaban J connectivity index is 0.00000161. The number of hydrogen-bond donors (Lipinski definition) is 0. The molecule has 1 aliphatic rings.